The van der Waals surface area contributed by atoms with Crippen molar-refractivity contribution in [2.45, 2.75) is 60.0 Å². The van der Waals surface area contributed by atoms with Gasteiger partial charge in [0.1, 0.15) is 0 Å². The van der Waals surface area contributed by atoms with Gasteiger partial charge in [0.2, 0.25) is 11.8 Å². The number of rotatable bonds is 8. The van der Waals surface area contributed by atoms with Gasteiger partial charge in [0, 0.05) is 36.6 Å². The third-order valence-corrected chi connectivity index (χ3v) is 6.00. The van der Waals surface area contributed by atoms with Gasteiger partial charge in [-0.15, -0.1) is 0 Å². The number of aryl methyl sites for hydroxylation is 1. The number of nitrogens with one attached hydrogen (secondary N) is 1. The summed E-state index contributed by atoms with van der Waals surface area (Å²) in [6.45, 7) is 11.5. The molecule has 1 aromatic heterocycles. The number of benzene rings is 1. The molecule has 2 aromatic rings. The van der Waals surface area contributed by atoms with E-state index in [1.807, 2.05) is 42.8 Å². The lowest BCUT2D eigenvalue weighted by molar-refractivity contribution is -0.123. The van der Waals surface area contributed by atoms with E-state index in [4.69, 9.17) is 5.73 Å². The molecular formula is C24H35N5O2. The molecule has 2 heterocycles. The van der Waals surface area contributed by atoms with Crippen molar-refractivity contribution in [2.75, 3.05) is 18.4 Å². The topological polar surface area (TPSA) is 93.2 Å². The molecule has 1 aliphatic rings. The van der Waals surface area contributed by atoms with Crippen molar-refractivity contribution in [2.24, 2.45) is 17.6 Å². The third-order valence-electron chi connectivity index (χ3n) is 6.00. The number of nitrogens with zero attached hydrogens (tertiary/aromatic N) is 3. The van der Waals surface area contributed by atoms with Crippen LogP contribution in [0.15, 0.2) is 24.3 Å². The van der Waals surface area contributed by atoms with Gasteiger partial charge in [0.05, 0.1) is 18.0 Å². The summed E-state index contributed by atoms with van der Waals surface area (Å²) in [5.41, 5.74) is 10.3. The number of piperidine rings is 1. The molecule has 31 heavy (non-hydrogen) atoms. The van der Waals surface area contributed by atoms with Gasteiger partial charge in [-0.3, -0.25) is 19.2 Å². The van der Waals surface area contributed by atoms with E-state index in [-0.39, 0.29) is 17.7 Å². The minimum atomic E-state index is -0.227. The minimum Gasteiger partial charge on any atom is -0.369 e. The molecular weight excluding hydrogens is 390 g/mol. The Kier molecular flexibility index (Phi) is 7.49. The second-order valence-corrected chi connectivity index (χ2v) is 9.08. The average Bonchev–Trinajstić information content (AvgIpc) is 2.96. The summed E-state index contributed by atoms with van der Waals surface area (Å²) in [7, 11) is 0. The van der Waals surface area contributed by atoms with Gasteiger partial charge in [-0.1, -0.05) is 32.0 Å². The van der Waals surface area contributed by atoms with Crippen molar-refractivity contribution in [1.29, 1.82) is 0 Å². The van der Waals surface area contributed by atoms with E-state index in [0.717, 1.165) is 54.1 Å². The van der Waals surface area contributed by atoms with Crippen LogP contribution in [0.5, 0.6) is 0 Å². The highest BCUT2D eigenvalue weighted by atomic mass is 16.2. The van der Waals surface area contributed by atoms with Crippen LogP contribution in [0.4, 0.5) is 5.69 Å². The number of hydrogen-bond acceptors (Lipinski definition) is 4. The molecule has 7 heteroatoms. The van der Waals surface area contributed by atoms with E-state index >= 15 is 0 Å². The van der Waals surface area contributed by atoms with Gasteiger partial charge in [-0.05, 0) is 50.8 Å². The zero-order chi connectivity index (χ0) is 22.5. The number of amides is 2. The van der Waals surface area contributed by atoms with Crippen LogP contribution in [-0.4, -0.2) is 39.6 Å². The van der Waals surface area contributed by atoms with Crippen molar-refractivity contribution < 1.29 is 9.59 Å². The Morgan fingerprint density at radius 3 is 2.71 bits per heavy atom. The van der Waals surface area contributed by atoms with Crippen LogP contribution in [0.2, 0.25) is 0 Å². The molecule has 0 bridgehead atoms. The predicted molar refractivity (Wildman–Crippen MR) is 123 cm³/mol. The first-order chi connectivity index (χ1) is 14.7. The van der Waals surface area contributed by atoms with Crippen molar-refractivity contribution in [3.05, 3.63) is 46.8 Å². The predicted octanol–water partition coefficient (Wildman–Crippen LogP) is 3.03. The largest absolute Gasteiger partial charge is 0.369 e. The Balaban J connectivity index is 1.68. The summed E-state index contributed by atoms with van der Waals surface area (Å²) in [6.07, 6.45) is 2.12. The maximum atomic E-state index is 12.9. The van der Waals surface area contributed by atoms with Gasteiger partial charge in [0.15, 0.2) is 0 Å². The van der Waals surface area contributed by atoms with Crippen molar-refractivity contribution in [3.8, 4) is 0 Å². The fraction of sp³-hybridized carbons (Fsp3) is 0.542. The molecule has 2 amide bonds. The summed E-state index contributed by atoms with van der Waals surface area (Å²) in [4.78, 5) is 26.7. The maximum Gasteiger partial charge on any atom is 0.228 e. The summed E-state index contributed by atoms with van der Waals surface area (Å²) in [6, 6.07) is 7.87. The molecule has 1 aromatic carbocycles. The van der Waals surface area contributed by atoms with E-state index in [1.165, 1.54) is 0 Å². The highest BCUT2D eigenvalue weighted by molar-refractivity contribution is 5.93. The van der Waals surface area contributed by atoms with E-state index < -0.39 is 0 Å². The molecule has 0 saturated carbocycles. The first-order valence-electron chi connectivity index (χ1n) is 11.2. The maximum absolute atomic E-state index is 12.9. The van der Waals surface area contributed by atoms with Gasteiger partial charge in [0.25, 0.3) is 0 Å². The third kappa shape index (κ3) is 5.94. The smallest absolute Gasteiger partial charge is 0.228 e. The van der Waals surface area contributed by atoms with E-state index in [9.17, 15) is 9.59 Å². The first kappa shape index (κ1) is 23.0. The Hall–Kier alpha value is -2.67. The molecule has 1 fully saturated rings. The van der Waals surface area contributed by atoms with E-state index in [1.54, 1.807) is 0 Å². The zero-order valence-electron chi connectivity index (χ0n) is 19.1. The lowest BCUT2D eigenvalue weighted by Gasteiger charge is -2.31. The number of carbonyl (C=O) groups excluding carboxylic acids is 2. The highest BCUT2D eigenvalue weighted by Gasteiger charge is 2.24. The van der Waals surface area contributed by atoms with Gasteiger partial charge in [-0.25, -0.2) is 0 Å². The lowest BCUT2D eigenvalue weighted by atomic mass is 9.97. The SMILES string of the molecule is Cc1nn(CC(C)C)c(C)c1CC(=O)Nc1ccccc1CN1CCCC(C(N)=O)C1. The number of para-hydroxylation sites is 1. The number of aromatic nitrogens is 2. The standard InChI is InChI=1S/C24H35N5O2/c1-16(2)13-29-18(4)21(17(3)27-29)12-23(30)26-22-10-6-5-8-19(22)14-28-11-7-9-20(15-28)24(25)31/h5-6,8,10,16,20H,7,9,11-15H2,1-4H3,(H2,25,31)(H,26,30). The summed E-state index contributed by atoms with van der Waals surface area (Å²) >= 11 is 0. The molecule has 168 valence electrons. The second kappa shape index (κ2) is 10.1. The van der Waals surface area contributed by atoms with Crippen LogP contribution in [0, 0.1) is 25.7 Å². The molecule has 7 nitrogen and oxygen atoms in total. The Morgan fingerprint density at radius 2 is 2.00 bits per heavy atom. The number of likely N-dealkylation sites (tertiary alicyclic amines) is 1. The molecule has 0 radical (unpaired) electrons. The van der Waals surface area contributed by atoms with Gasteiger partial charge >= 0.3 is 0 Å². The molecule has 0 spiro atoms. The van der Waals surface area contributed by atoms with Crippen LogP contribution >= 0.6 is 0 Å². The summed E-state index contributed by atoms with van der Waals surface area (Å²) in [5, 5.41) is 7.71. The number of hydrogen-bond donors (Lipinski definition) is 2. The lowest BCUT2D eigenvalue weighted by Crippen LogP contribution is -2.40. The van der Waals surface area contributed by atoms with E-state index in [2.05, 4.69) is 29.2 Å². The first-order valence-corrected chi connectivity index (χ1v) is 11.2. The Bertz CT molecular complexity index is 934. The second-order valence-electron chi connectivity index (χ2n) is 9.08. The van der Waals surface area contributed by atoms with Crippen LogP contribution < -0.4 is 11.1 Å². The quantitative estimate of drug-likeness (QED) is 0.680. The number of carbonyl (C=O) groups is 2. The Morgan fingerprint density at radius 1 is 1.26 bits per heavy atom. The summed E-state index contributed by atoms with van der Waals surface area (Å²) in [5.74, 6) is 0.130. The monoisotopic (exact) mass is 425 g/mol. The zero-order valence-corrected chi connectivity index (χ0v) is 19.1. The van der Waals surface area contributed by atoms with Crippen LogP contribution in [0.3, 0.4) is 0 Å². The number of primary amides is 1. The normalized spacial score (nSPS) is 17.1. The molecule has 3 rings (SSSR count). The molecule has 0 aliphatic carbocycles. The highest BCUT2D eigenvalue weighted by Crippen LogP contribution is 2.23. The molecule has 1 saturated heterocycles. The van der Waals surface area contributed by atoms with Gasteiger partial charge < -0.3 is 11.1 Å². The average molecular weight is 426 g/mol. The van der Waals surface area contributed by atoms with E-state index in [0.29, 0.717) is 25.4 Å². The van der Waals surface area contributed by atoms with Crippen molar-refractivity contribution in [3.63, 3.8) is 0 Å². The fourth-order valence-corrected chi connectivity index (χ4v) is 4.32. The van der Waals surface area contributed by atoms with Gasteiger partial charge in [-0.2, -0.15) is 5.10 Å². The number of nitrogens with two attached hydrogens (primary N) is 1. The minimum absolute atomic E-state index is 0.0450. The Labute approximate surface area is 185 Å². The molecule has 1 atom stereocenters. The fourth-order valence-electron chi connectivity index (χ4n) is 4.32. The molecule has 3 N–H and O–H groups in total. The van der Waals surface area contributed by atoms with Crippen molar-refractivity contribution >= 4 is 17.5 Å². The molecule has 1 unspecified atom stereocenters. The summed E-state index contributed by atoms with van der Waals surface area (Å²) < 4.78 is 2.00. The number of anilines is 1. The van der Waals surface area contributed by atoms with Crippen molar-refractivity contribution in [1.82, 2.24) is 14.7 Å². The van der Waals surface area contributed by atoms with Crippen LogP contribution in [0.1, 0.15) is 49.2 Å². The van der Waals surface area contributed by atoms with Crippen LogP contribution in [0.25, 0.3) is 0 Å². The molecule has 1 aliphatic heterocycles. The van der Waals surface area contributed by atoms with Crippen LogP contribution in [-0.2, 0) is 29.1 Å².